The van der Waals surface area contributed by atoms with Gasteiger partial charge in [-0.3, -0.25) is 9.59 Å². The molecule has 0 atom stereocenters. The predicted molar refractivity (Wildman–Crippen MR) is 106 cm³/mol. The molecule has 0 spiro atoms. The van der Waals surface area contributed by atoms with Crippen LogP contribution in [0.25, 0.3) is 0 Å². The van der Waals surface area contributed by atoms with Crippen molar-refractivity contribution in [2.45, 2.75) is 26.7 Å². The summed E-state index contributed by atoms with van der Waals surface area (Å²) in [6, 6.07) is 13.0. The molecule has 2 rings (SSSR count). The monoisotopic (exact) mass is 371 g/mol. The van der Waals surface area contributed by atoms with E-state index in [1.807, 2.05) is 4.90 Å². The van der Waals surface area contributed by atoms with Gasteiger partial charge < -0.3 is 15.5 Å². The second-order valence-electron chi connectivity index (χ2n) is 6.25. The van der Waals surface area contributed by atoms with Crippen molar-refractivity contribution >= 4 is 23.2 Å². The number of nitrogens with zero attached hydrogens (tertiary/aromatic N) is 1. The highest BCUT2D eigenvalue weighted by Gasteiger charge is 2.14. The number of carbonyl (C=O) groups is 2. The number of hydrogen-bond donors (Lipinski definition) is 2. The van der Waals surface area contributed by atoms with Crippen LogP contribution in [0.15, 0.2) is 48.5 Å². The van der Waals surface area contributed by atoms with Gasteiger partial charge in [0.25, 0.3) is 5.91 Å². The van der Waals surface area contributed by atoms with Crippen LogP contribution in [0.1, 0.15) is 37.0 Å². The molecule has 2 aromatic rings. The molecule has 2 amide bonds. The molecule has 0 aliphatic rings. The Balaban J connectivity index is 1.90. The summed E-state index contributed by atoms with van der Waals surface area (Å²) in [6.07, 6.45) is 1.84. The smallest absolute Gasteiger partial charge is 0.253 e. The minimum atomic E-state index is -0.475. The molecule has 6 heteroatoms. The van der Waals surface area contributed by atoms with Crippen molar-refractivity contribution in [2.24, 2.45) is 0 Å². The Morgan fingerprint density at radius 2 is 1.59 bits per heavy atom. The van der Waals surface area contributed by atoms with Gasteiger partial charge in [-0.2, -0.15) is 0 Å². The lowest BCUT2D eigenvalue weighted by atomic mass is 10.1. The van der Waals surface area contributed by atoms with Crippen LogP contribution in [0.2, 0.25) is 0 Å². The van der Waals surface area contributed by atoms with E-state index in [1.165, 1.54) is 12.1 Å². The molecule has 0 saturated heterocycles. The first-order valence-electron chi connectivity index (χ1n) is 9.22. The van der Waals surface area contributed by atoms with Gasteiger partial charge in [-0.25, -0.2) is 4.39 Å². The summed E-state index contributed by atoms with van der Waals surface area (Å²) >= 11 is 0. The Bertz CT molecular complexity index is 756. The van der Waals surface area contributed by atoms with E-state index in [4.69, 9.17) is 0 Å². The SMILES string of the molecule is CCCN(CCC)C(=O)c1ccc(NCC(=O)Nc2ccccc2F)cc1. The number of carbonyl (C=O) groups excluding carboxylic acids is 2. The maximum absolute atomic E-state index is 13.5. The van der Waals surface area contributed by atoms with Crippen LogP contribution < -0.4 is 10.6 Å². The number of para-hydroxylation sites is 1. The fourth-order valence-electron chi connectivity index (χ4n) is 2.71. The summed E-state index contributed by atoms with van der Waals surface area (Å²) in [5.74, 6) is -0.808. The minimum absolute atomic E-state index is 0.000574. The topological polar surface area (TPSA) is 61.4 Å². The van der Waals surface area contributed by atoms with E-state index < -0.39 is 5.82 Å². The molecule has 5 nitrogen and oxygen atoms in total. The highest BCUT2D eigenvalue weighted by molar-refractivity contribution is 5.95. The largest absolute Gasteiger partial charge is 0.376 e. The quantitative estimate of drug-likeness (QED) is 0.696. The fraction of sp³-hybridized carbons (Fsp3) is 0.333. The van der Waals surface area contributed by atoms with Crippen molar-refractivity contribution in [3.63, 3.8) is 0 Å². The van der Waals surface area contributed by atoms with E-state index in [0.717, 1.165) is 25.9 Å². The number of amides is 2. The van der Waals surface area contributed by atoms with Gasteiger partial charge >= 0.3 is 0 Å². The van der Waals surface area contributed by atoms with Crippen molar-refractivity contribution in [3.8, 4) is 0 Å². The first-order chi connectivity index (χ1) is 13.0. The lowest BCUT2D eigenvalue weighted by molar-refractivity contribution is -0.114. The molecular formula is C21H26FN3O2. The molecule has 2 aromatic carbocycles. The molecule has 0 radical (unpaired) electrons. The molecule has 2 N–H and O–H groups in total. The van der Waals surface area contributed by atoms with Gasteiger partial charge in [0.05, 0.1) is 12.2 Å². The van der Waals surface area contributed by atoms with Gasteiger partial charge in [0.2, 0.25) is 5.91 Å². The summed E-state index contributed by atoms with van der Waals surface area (Å²) in [4.78, 5) is 26.3. The van der Waals surface area contributed by atoms with E-state index in [0.29, 0.717) is 11.3 Å². The van der Waals surface area contributed by atoms with Gasteiger partial charge in [-0.15, -0.1) is 0 Å². The molecule has 0 heterocycles. The van der Waals surface area contributed by atoms with Crippen molar-refractivity contribution in [1.82, 2.24) is 4.90 Å². The highest BCUT2D eigenvalue weighted by atomic mass is 19.1. The van der Waals surface area contributed by atoms with Gasteiger partial charge in [-0.1, -0.05) is 26.0 Å². The maximum atomic E-state index is 13.5. The molecule has 144 valence electrons. The number of anilines is 2. The molecule has 0 bridgehead atoms. The Labute approximate surface area is 159 Å². The predicted octanol–water partition coefficient (Wildman–Crippen LogP) is 4.14. The molecule has 27 heavy (non-hydrogen) atoms. The first-order valence-corrected chi connectivity index (χ1v) is 9.22. The minimum Gasteiger partial charge on any atom is -0.376 e. The van der Waals surface area contributed by atoms with E-state index in [1.54, 1.807) is 36.4 Å². The summed E-state index contributed by atoms with van der Waals surface area (Å²) in [7, 11) is 0. The molecule has 0 saturated carbocycles. The summed E-state index contributed by atoms with van der Waals surface area (Å²) in [5, 5.41) is 5.49. The lowest BCUT2D eigenvalue weighted by Gasteiger charge is -2.21. The van der Waals surface area contributed by atoms with Crippen molar-refractivity contribution in [3.05, 3.63) is 59.9 Å². The van der Waals surface area contributed by atoms with Crippen molar-refractivity contribution in [1.29, 1.82) is 0 Å². The normalized spacial score (nSPS) is 10.3. The third-order valence-electron chi connectivity index (χ3n) is 4.01. The molecule has 0 aliphatic carbocycles. The lowest BCUT2D eigenvalue weighted by Crippen LogP contribution is -2.32. The average Bonchev–Trinajstić information content (AvgIpc) is 2.68. The zero-order valence-electron chi connectivity index (χ0n) is 15.8. The molecule has 0 aliphatic heterocycles. The molecule has 0 aromatic heterocycles. The van der Waals surface area contributed by atoms with Crippen molar-refractivity contribution in [2.75, 3.05) is 30.3 Å². The highest BCUT2D eigenvalue weighted by Crippen LogP contribution is 2.14. The third-order valence-corrected chi connectivity index (χ3v) is 4.01. The number of hydrogen-bond acceptors (Lipinski definition) is 3. The average molecular weight is 371 g/mol. The fourth-order valence-corrected chi connectivity index (χ4v) is 2.71. The van der Waals surface area contributed by atoms with E-state index in [2.05, 4.69) is 24.5 Å². The summed E-state index contributed by atoms with van der Waals surface area (Å²) < 4.78 is 13.5. The van der Waals surface area contributed by atoms with Crippen LogP contribution in [0.5, 0.6) is 0 Å². The third kappa shape index (κ3) is 6.09. The van der Waals surface area contributed by atoms with E-state index in [9.17, 15) is 14.0 Å². The zero-order chi connectivity index (χ0) is 19.6. The second-order valence-corrected chi connectivity index (χ2v) is 6.25. The molecule has 0 unspecified atom stereocenters. The summed E-state index contributed by atoms with van der Waals surface area (Å²) in [5.41, 5.74) is 1.49. The Morgan fingerprint density at radius 3 is 2.19 bits per heavy atom. The maximum Gasteiger partial charge on any atom is 0.253 e. The van der Waals surface area contributed by atoms with E-state index in [-0.39, 0.29) is 24.0 Å². The number of rotatable bonds is 9. The van der Waals surface area contributed by atoms with Crippen LogP contribution in [0.4, 0.5) is 15.8 Å². The van der Waals surface area contributed by atoms with Gasteiger partial charge in [0.1, 0.15) is 5.82 Å². The van der Waals surface area contributed by atoms with Crippen LogP contribution in [-0.2, 0) is 4.79 Å². The Morgan fingerprint density at radius 1 is 0.963 bits per heavy atom. The van der Waals surface area contributed by atoms with E-state index >= 15 is 0 Å². The second kappa shape index (κ2) is 10.3. The van der Waals surface area contributed by atoms with Crippen molar-refractivity contribution < 1.29 is 14.0 Å². The first kappa shape index (κ1) is 20.4. The van der Waals surface area contributed by atoms with Crippen LogP contribution in [0, 0.1) is 5.82 Å². The van der Waals surface area contributed by atoms with Gasteiger partial charge in [-0.05, 0) is 49.2 Å². The van der Waals surface area contributed by atoms with Crippen LogP contribution >= 0.6 is 0 Å². The molecule has 0 fully saturated rings. The summed E-state index contributed by atoms with van der Waals surface area (Å²) in [6.45, 7) is 5.58. The Kier molecular flexibility index (Phi) is 7.79. The number of halogens is 1. The zero-order valence-corrected chi connectivity index (χ0v) is 15.8. The van der Waals surface area contributed by atoms with Crippen LogP contribution in [-0.4, -0.2) is 36.3 Å². The standard InChI is InChI=1S/C21H26FN3O2/c1-3-13-25(14-4-2)21(27)16-9-11-17(12-10-16)23-15-20(26)24-19-8-6-5-7-18(19)22/h5-12,23H,3-4,13-15H2,1-2H3,(H,24,26). The van der Waals surface area contributed by atoms with Crippen LogP contribution in [0.3, 0.4) is 0 Å². The van der Waals surface area contributed by atoms with Gasteiger partial charge in [0.15, 0.2) is 0 Å². The number of benzene rings is 2. The van der Waals surface area contributed by atoms with Gasteiger partial charge in [0, 0.05) is 24.3 Å². The number of nitrogens with one attached hydrogen (secondary N) is 2. The molecular weight excluding hydrogens is 345 g/mol. The Hall–Kier alpha value is -2.89.